The van der Waals surface area contributed by atoms with E-state index < -0.39 is 0 Å². The maximum atomic E-state index is 3.50. The van der Waals surface area contributed by atoms with E-state index in [-0.39, 0.29) is 0 Å². The lowest BCUT2D eigenvalue weighted by molar-refractivity contribution is 1.02. The van der Waals surface area contributed by atoms with Gasteiger partial charge in [0.15, 0.2) is 0 Å². The Labute approximate surface area is 72.7 Å². The van der Waals surface area contributed by atoms with Gasteiger partial charge in [0, 0.05) is 26.2 Å². The summed E-state index contributed by atoms with van der Waals surface area (Å²) in [5.41, 5.74) is 1.39. The second-order valence-corrected chi connectivity index (χ2v) is 4.27. The Hall–Kier alpha value is -0.0800. The van der Waals surface area contributed by atoms with E-state index in [9.17, 15) is 0 Å². The fourth-order valence-electron chi connectivity index (χ4n) is 1.20. The van der Waals surface area contributed by atoms with Crippen molar-refractivity contribution in [3.8, 4) is 0 Å². The minimum Gasteiger partial charge on any atom is -0.146 e. The van der Waals surface area contributed by atoms with Gasteiger partial charge in [0.05, 0.1) is 0 Å². The molecule has 0 aromatic carbocycles. The lowest BCUT2D eigenvalue weighted by Crippen LogP contribution is -1.77. The first-order valence-electron chi connectivity index (χ1n) is 3.24. The Morgan fingerprint density at radius 2 is 2.40 bits per heavy atom. The number of halogens is 1. The molecular formula is C8H7BrS. The number of hydrogen-bond donors (Lipinski definition) is 0. The highest BCUT2D eigenvalue weighted by Gasteiger charge is 2.16. The largest absolute Gasteiger partial charge is 0.146 e. The summed E-state index contributed by atoms with van der Waals surface area (Å²) in [5, 5.41) is 2.16. The van der Waals surface area contributed by atoms with Gasteiger partial charge in [-0.25, -0.2) is 0 Å². The van der Waals surface area contributed by atoms with Crippen LogP contribution in [0.3, 0.4) is 0 Å². The third-order valence-electron chi connectivity index (χ3n) is 1.78. The quantitative estimate of drug-likeness (QED) is 0.619. The van der Waals surface area contributed by atoms with Crippen LogP contribution < -0.4 is 0 Å². The summed E-state index contributed by atoms with van der Waals surface area (Å²) in [5.74, 6) is 0.631. The van der Waals surface area contributed by atoms with Gasteiger partial charge in [0.25, 0.3) is 0 Å². The molecule has 10 heavy (non-hydrogen) atoms. The first kappa shape index (κ1) is 6.62. The molecule has 0 fully saturated rings. The van der Waals surface area contributed by atoms with Crippen molar-refractivity contribution in [1.29, 1.82) is 0 Å². The zero-order valence-electron chi connectivity index (χ0n) is 5.60. The Morgan fingerprint density at radius 1 is 1.60 bits per heavy atom. The average molecular weight is 215 g/mol. The second-order valence-electron chi connectivity index (χ2n) is 2.51. The predicted octanol–water partition coefficient (Wildman–Crippen LogP) is 3.64. The fourth-order valence-corrected chi connectivity index (χ4v) is 2.92. The molecule has 2 rings (SSSR count). The third-order valence-corrected chi connectivity index (χ3v) is 3.94. The molecule has 1 heterocycles. The molecule has 0 saturated carbocycles. The first-order valence-corrected chi connectivity index (χ1v) is 4.91. The molecule has 0 N–H and O–H groups in total. The van der Waals surface area contributed by atoms with E-state index in [0.29, 0.717) is 5.92 Å². The molecule has 1 aliphatic rings. The summed E-state index contributed by atoms with van der Waals surface area (Å²) < 4.78 is 1.24. The number of hydrogen-bond acceptors (Lipinski definition) is 1. The van der Waals surface area contributed by atoms with Crippen LogP contribution in [0, 0.1) is 0 Å². The zero-order chi connectivity index (χ0) is 7.14. The van der Waals surface area contributed by atoms with Crippen molar-refractivity contribution in [2.75, 3.05) is 0 Å². The van der Waals surface area contributed by atoms with Gasteiger partial charge < -0.3 is 0 Å². The summed E-state index contributed by atoms with van der Waals surface area (Å²) in [7, 11) is 0. The van der Waals surface area contributed by atoms with Gasteiger partial charge in [-0.3, -0.25) is 0 Å². The van der Waals surface area contributed by atoms with Crippen LogP contribution in [0.15, 0.2) is 15.9 Å². The molecule has 1 aromatic heterocycles. The van der Waals surface area contributed by atoms with Gasteiger partial charge in [-0.05, 0) is 15.9 Å². The Morgan fingerprint density at radius 3 is 3.10 bits per heavy atom. The Balaban J connectivity index is 2.62. The van der Waals surface area contributed by atoms with Crippen molar-refractivity contribution < 1.29 is 0 Å². The lowest BCUT2D eigenvalue weighted by Gasteiger charge is -1.94. The highest BCUT2D eigenvalue weighted by molar-refractivity contribution is 9.10. The molecule has 1 unspecified atom stereocenters. The molecule has 0 spiro atoms. The van der Waals surface area contributed by atoms with Crippen LogP contribution in [0.4, 0.5) is 0 Å². The van der Waals surface area contributed by atoms with Crippen LogP contribution in [0.25, 0.3) is 6.08 Å². The van der Waals surface area contributed by atoms with E-state index >= 15 is 0 Å². The predicted molar refractivity (Wildman–Crippen MR) is 49.5 cm³/mol. The van der Waals surface area contributed by atoms with Crippen molar-refractivity contribution in [2.45, 2.75) is 12.8 Å². The monoisotopic (exact) mass is 214 g/mol. The van der Waals surface area contributed by atoms with Crippen LogP contribution in [-0.4, -0.2) is 0 Å². The summed E-state index contributed by atoms with van der Waals surface area (Å²) in [4.78, 5) is 1.49. The Kier molecular flexibility index (Phi) is 1.46. The van der Waals surface area contributed by atoms with E-state index in [1.807, 2.05) is 11.3 Å². The molecule has 0 bridgehead atoms. The molecular weight excluding hydrogens is 208 g/mol. The molecule has 1 atom stereocenters. The molecule has 52 valence electrons. The summed E-state index contributed by atoms with van der Waals surface area (Å²) >= 11 is 5.34. The average Bonchev–Trinajstić information content (AvgIpc) is 2.41. The van der Waals surface area contributed by atoms with Gasteiger partial charge >= 0.3 is 0 Å². The van der Waals surface area contributed by atoms with Gasteiger partial charge in [0.2, 0.25) is 0 Å². The topological polar surface area (TPSA) is 0 Å². The molecule has 0 radical (unpaired) electrons. The highest BCUT2D eigenvalue weighted by atomic mass is 79.9. The molecule has 0 amide bonds. The van der Waals surface area contributed by atoms with Crippen molar-refractivity contribution in [3.63, 3.8) is 0 Å². The Bertz CT molecular complexity index is 285. The summed E-state index contributed by atoms with van der Waals surface area (Å²) in [6.45, 7) is 2.23. The van der Waals surface area contributed by atoms with Gasteiger partial charge in [-0.1, -0.05) is 19.1 Å². The molecule has 0 nitrogen and oxygen atoms in total. The normalized spacial score (nSPS) is 21.6. The van der Waals surface area contributed by atoms with Crippen molar-refractivity contribution in [1.82, 2.24) is 0 Å². The molecule has 1 aliphatic carbocycles. The van der Waals surface area contributed by atoms with Crippen LogP contribution in [-0.2, 0) is 0 Å². The van der Waals surface area contributed by atoms with Crippen LogP contribution in [0.5, 0.6) is 0 Å². The standard InChI is InChI=1S/C8H7BrS/c1-5-2-3-6-7(9)4-10-8(5)6/h2-5H,1H3. The van der Waals surface area contributed by atoms with Gasteiger partial charge in [-0.15, -0.1) is 11.3 Å². The second kappa shape index (κ2) is 2.21. The third kappa shape index (κ3) is 0.789. The molecule has 2 heteroatoms. The number of fused-ring (bicyclic) bond motifs is 1. The van der Waals surface area contributed by atoms with Gasteiger partial charge in [-0.2, -0.15) is 0 Å². The van der Waals surface area contributed by atoms with E-state index in [4.69, 9.17) is 0 Å². The van der Waals surface area contributed by atoms with Crippen LogP contribution >= 0.6 is 27.3 Å². The molecule has 1 aromatic rings. The number of rotatable bonds is 0. The zero-order valence-corrected chi connectivity index (χ0v) is 8.00. The molecule has 0 saturated heterocycles. The van der Waals surface area contributed by atoms with E-state index in [1.165, 1.54) is 14.9 Å². The van der Waals surface area contributed by atoms with Crippen molar-refractivity contribution in [3.05, 3.63) is 26.4 Å². The van der Waals surface area contributed by atoms with E-state index in [0.717, 1.165) is 0 Å². The highest BCUT2D eigenvalue weighted by Crippen LogP contribution is 2.39. The van der Waals surface area contributed by atoms with Crippen molar-refractivity contribution in [2.24, 2.45) is 0 Å². The maximum Gasteiger partial charge on any atom is 0.0357 e. The van der Waals surface area contributed by atoms with Crippen molar-refractivity contribution >= 4 is 33.3 Å². The minimum absolute atomic E-state index is 0.631. The number of allylic oxidation sites excluding steroid dienone is 1. The minimum atomic E-state index is 0.631. The lowest BCUT2D eigenvalue weighted by atomic mass is 10.2. The fraction of sp³-hybridized carbons (Fsp3) is 0.250. The van der Waals surface area contributed by atoms with E-state index in [1.54, 1.807) is 0 Å². The van der Waals surface area contributed by atoms with Gasteiger partial charge in [0.1, 0.15) is 0 Å². The SMILES string of the molecule is CC1C=Cc2c(Br)csc21. The first-order chi connectivity index (χ1) is 4.79. The summed E-state index contributed by atoms with van der Waals surface area (Å²) in [6, 6.07) is 0. The van der Waals surface area contributed by atoms with E-state index in [2.05, 4.69) is 40.4 Å². The summed E-state index contributed by atoms with van der Waals surface area (Å²) in [6.07, 6.45) is 4.44. The number of thiophene rings is 1. The smallest absolute Gasteiger partial charge is 0.0357 e. The van der Waals surface area contributed by atoms with Crippen LogP contribution in [0.2, 0.25) is 0 Å². The maximum absolute atomic E-state index is 3.50. The van der Waals surface area contributed by atoms with Crippen LogP contribution in [0.1, 0.15) is 23.3 Å². The molecule has 0 aliphatic heterocycles.